The number of hydrogen-bond acceptors (Lipinski definition) is 5. The van der Waals surface area contributed by atoms with E-state index in [4.69, 9.17) is 11.6 Å². The number of hydrogen-bond donors (Lipinski definition) is 1. The number of rotatable bonds is 5. The summed E-state index contributed by atoms with van der Waals surface area (Å²) < 4.78 is 0.806. The number of aromatic nitrogens is 2. The van der Waals surface area contributed by atoms with Crippen molar-refractivity contribution in [1.29, 1.82) is 0 Å². The molecule has 1 amide bonds. The fourth-order valence-electron chi connectivity index (χ4n) is 0.708. The van der Waals surface area contributed by atoms with Crippen molar-refractivity contribution in [3.8, 4) is 0 Å². The molecule has 1 aromatic rings. The van der Waals surface area contributed by atoms with Crippen molar-refractivity contribution in [2.45, 2.75) is 23.6 Å². The summed E-state index contributed by atoms with van der Waals surface area (Å²) in [5.41, 5.74) is 1.07. The molecule has 0 fully saturated rings. The van der Waals surface area contributed by atoms with Crippen LogP contribution < -0.4 is 5.32 Å². The lowest BCUT2D eigenvalue weighted by Gasteiger charge is -2.00. The maximum Gasteiger partial charge on any atom is 0.243 e. The van der Waals surface area contributed by atoms with Crippen LogP contribution in [0.3, 0.4) is 0 Å². The minimum Gasteiger partial charge on any atom is -0.299 e. The van der Waals surface area contributed by atoms with Crippen LogP contribution in [0.15, 0.2) is 16.5 Å². The number of thioether (sulfide) groups is 1. The highest BCUT2D eigenvalue weighted by molar-refractivity contribution is 8.01. The minimum atomic E-state index is -0.574. The molecule has 1 aromatic heterocycles. The van der Waals surface area contributed by atoms with E-state index in [9.17, 15) is 4.79 Å². The Morgan fingerprint density at radius 1 is 1.69 bits per heavy atom. The van der Waals surface area contributed by atoms with Gasteiger partial charge in [-0.1, -0.05) is 35.3 Å². The molecule has 16 heavy (non-hydrogen) atoms. The van der Waals surface area contributed by atoms with Crippen LogP contribution in [0.1, 0.15) is 13.8 Å². The summed E-state index contributed by atoms with van der Waals surface area (Å²) in [5, 5.41) is 10.3. The van der Waals surface area contributed by atoms with E-state index in [1.165, 1.54) is 11.3 Å². The fraction of sp³-hybridized carbons (Fsp3) is 0.444. The van der Waals surface area contributed by atoms with Crippen molar-refractivity contribution in [3.05, 3.63) is 12.2 Å². The summed E-state index contributed by atoms with van der Waals surface area (Å²) in [6.45, 7) is 7.35. The van der Waals surface area contributed by atoms with Gasteiger partial charge in [0.05, 0.1) is 0 Å². The standard InChI is InChI=1S/C9H12ClN3OS2/c1-5(2)4-15-9-13-12-8(16-9)11-7(14)6(3)10/h6H,1,4H2,2-3H3,(H,11,12,14). The first-order chi connectivity index (χ1) is 7.49. The molecule has 0 bridgehead atoms. The molecule has 0 spiro atoms. The van der Waals surface area contributed by atoms with Crippen LogP contribution in [0.2, 0.25) is 0 Å². The molecule has 0 radical (unpaired) electrons. The lowest BCUT2D eigenvalue weighted by atomic mass is 10.4. The van der Waals surface area contributed by atoms with Gasteiger partial charge >= 0.3 is 0 Å². The highest BCUT2D eigenvalue weighted by Crippen LogP contribution is 2.26. The summed E-state index contributed by atoms with van der Waals surface area (Å²) in [7, 11) is 0. The Hall–Kier alpha value is -0.590. The van der Waals surface area contributed by atoms with Crippen molar-refractivity contribution in [2.75, 3.05) is 11.1 Å². The molecule has 0 aliphatic heterocycles. The Kier molecular flexibility index (Phi) is 5.24. The Balaban J connectivity index is 2.51. The van der Waals surface area contributed by atoms with Gasteiger partial charge in [-0.15, -0.1) is 21.8 Å². The molecule has 4 nitrogen and oxygen atoms in total. The van der Waals surface area contributed by atoms with E-state index in [0.29, 0.717) is 5.13 Å². The third-order valence-corrected chi connectivity index (χ3v) is 3.84. The lowest BCUT2D eigenvalue weighted by molar-refractivity contribution is -0.115. The molecule has 1 rings (SSSR count). The van der Waals surface area contributed by atoms with Crippen LogP contribution in [0.5, 0.6) is 0 Å². The van der Waals surface area contributed by atoms with Crippen LogP contribution in [-0.2, 0) is 4.79 Å². The highest BCUT2D eigenvalue weighted by Gasteiger charge is 2.12. The van der Waals surface area contributed by atoms with E-state index >= 15 is 0 Å². The van der Waals surface area contributed by atoms with E-state index in [2.05, 4.69) is 22.1 Å². The number of amides is 1. The monoisotopic (exact) mass is 277 g/mol. The van der Waals surface area contributed by atoms with Crippen molar-refractivity contribution < 1.29 is 4.79 Å². The molecule has 1 N–H and O–H groups in total. The van der Waals surface area contributed by atoms with Crippen molar-refractivity contribution in [1.82, 2.24) is 10.2 Å². The molecule has 0 aliphatic carbocycles. The van der Waals surface area contributed by atoms with Crippen LogP contribution in [0, 0.1) is 0 Å². The number of alkyl halides is 1. The zero-order valence-corrected chi connectivity index (χ0v) is 11.4. The second kappa shape index (κ2) is 6.22. The van der Waals surface area contributed by atoms with Gasteiger partial charge < -0.3 is 0 Å². The first kappa shape index (κ1) is 13.5. The molecular formula is C9H12ClN3OS2. The zero-order chi connectivity index (χ0) is 12.1. The molecule has 88 valence electrons. The number of anilines is 1. The Labute approximate surface area is 107 Å². The summed E-state index contributed by atoms with van der Waals surface area (Å²) >= 11 is 8.49. The summed E-state index contributed by atoms with van der Waals surface area (Å²) in [6, 6.07) is 0. The average molecular weight is 278 g/mol. The quantitative estimate of drug-likeness (QED) is 0.389. The van der Waals surface area contributed by atoms with Crippen molar-refractivity contribution >= 4 is 45.7 Å². The van der Waals surface area contributed by atoms with Gasteiger partial charge in [0, 0.05) is 5.75 Å². The van der Waals surface area contributed by atoms with Crippen LogP contribution in [0.25, 0.3) is 0 Å². The van der Waals surface area contributed by atoms with E-state index < -0.39 is 5.38 Å². The number of carbonyl (C=O) groups excluding carboxylic acids is 1. The Morgan fingerprint density at radius 3 is 2.94 bits per heavy atom. The lowest BCUT2D eigenvalue weighted by Crippen LogP contribution is -2.20. The molecule has 0 aliphatic rings. The summed E-state index contributed by atoms with van der Waals surface area (Å²) in [6.07, 6.45) is 0. The molecule has 0 saturated carbocycles. The number of nitrogens with one attached hydrogen (secondary N) is 1. The number of nitrogens with zero attached hydrogens (tertiary/aromatic N) is 2. The molecule has 1 unspecified atom stereocenters. The third-order valence-electron chi connectivity index (χ3n) is 1.44. The SMILES string of the molecule is C=C(C)CSc1nnc(NC(=O)C(C)Cl)s1. The van der Waals surface area contributed by atoms with E-state index in [-0.39, 0.29) is 5.91 Å². The van der Waals surface area contributed by atoms with Gasteiger partial charge in [-0.2, -0.15) is 0 Å². The van der Waals surface area contributed by atoms with Crippen LogP contribution in [0.4, 0.5) is 5.13 Å². The fourth-order valence-corrected chi connectivity index (χ4v) is 2.36. The normalized spacial score (nSPS) is 12.2. The van der Waals surface area contributed by atoms with Gasteiger partial charge in [-0.25, -0.2) is 0 Å². The highest BCUT2D eigenvalue weighted by atomic mass is 35.5. The zero-order valence-electron chi connectivity index (χ0n) is 8.99. The second-order valence-corrected chi connectivity index (χ2v) is 6.08. The van der Waals surface area contributed by atoms with Gasteiger partial charge in [-0.05, 0) is 13.8 Å². The number of halogens is 1. The minimum absolute atomic E-state index is 0.269. The Morgan fingerprint density at radius 2 is 2.38 bits per heavy atom. The third kappa shape index (κ3) is 4.51. The first-order valence-corrected chi connectivity index (χ1v) is 6.78. The van der Waals surface area contributed by atoms with Crippen molar-refractivity contribution in [2.24, 2.45) is 0 Å². The first-order valence-electron chi connectivity index (χ1n) is 4.54. The van der Waals surface area contributed by atoms with Gasteiger partial charge in [0.15, 0.2) is 4.34 Å². The van der Waals surface area contributed by atoms with Gasteiger partial charge in [-0.3, -0.25) is 10.1 Å². The van der Waals surface area contributed by atoms with E-state index in [1.807, 2.05) is 6.92 Å². The molecule has 1 atom stereocenters. The number of carbonyl (C=O) groups is 1. The average Bonchev–Trinajstić information content (AvgIpc) is 2.62. The molecule has 1 heterocycles. The molecule has 0 aromatic carbocycles. The molecular weight excluding hydrogens is 266 g/mol. The predicted octanol–water partition coefficient (Wildman–Crippen LogP) is 2.77. The molecule has 7 heteroatoms. The largest absolute Gasteiger partial charge is 0.299 e. The predicted molar refractivity (Wildman–Crippen MR) is 69.4 cm³/mol. The van der Waals surface area contributed by atoms with Crippen molar-refractivity contribution in [3.63, 3.8) is 0 Å². The van der Waals surface area contributed by atoms with Gasteiger partial charge in [0.25, 0.3) is 0 Å². The van der Waals surface area contributed by atoms with E-state index in [0.717, 1.165) is 15.7 Å². The maximum absolute atomic E-state index is 11.3. The van der Waals surface area contributed by atoms with Gasteiger partial charge in [0.2, 0.25) is 11.0 Å². The maximum atomic E-state index is 11.3. The van der Waals surface area contributed by atoms with Crippen LogP contribution in [-0.4, -0.2) is 27.2 Å². The van der Waals surface area contributed by atoms with Crippen LogP contribution >= 0.6 is 34.7 Å². The Bertz CT molecular complexity index is 392. The summed E-state index contributed by atoms with van der Waals surface area (Å²) in [5.74, 6) is 0.531. The second-order valence-electron chi connectivity index (χ2n) is 3.22. The topological polar surface area (TPSA) is 54.9 Å². The van der Waals surface area contributed by atoms with E-state index in [1.54, 1.807) is 18.7 Å². The molecule has 0 saturated heterocycles. The summed E-state index contributed by atoms with van der Waals surface area (Å²) in [4.78, 5) is 11.3. The van der Waals surface area contributed by atoms with Gasteiger partial charge in [0.1, 0.15) is 5.38 Å². The smallest absolute Gasteiger partial charge is 0.243 e.